The molecular weight excluding hydrogens is 236 g/mol. The van der Waals surface area contributed by atoms with Crippen molar-refractivity contribution in [1.82, 2.24) is 0 Å². The first-order chi connectivity index (χ1) is 6.79. The molecule has 0 spiro atoms. The summed E-state index contributed by atoms with van der Waals surface area (Å²) < 4.78 is 43.0. The van der Waals surface area contributed by atoms with Crippen molar-refractivity contribution in [2.75, 3.05) is 7.11 Å². The summed E-state index contributed by atoms with van der Waals surface area (Å²) in [6.07, 6.45) is 0. The molecule has 0 fully saturated rings. The van der Waals surface area contributed by atoms with Crippen LogP contribution in [0.3, 0.4) is 0 Å². The van der Waals surface area contributed by atoms with Crippen LogP contribution in [0.15, 0.2) is 24.3 Å². The van der Waals surface area contributed by atoms with Crippen molar-refractivity contribution < 1.29 is 15.1 Å². The average Bonchev–Trinajstić information content (AvgIpc) is 2.16. The Kier molecular flexibility index (Phi) is 2.26. The summed E-state index contributed by atoms with van der Waals surface area (Å²) in [5.41, 5.74) is 0. The summed E-state index contributed by atoms with van der Waals surface area (Å²) in [6, 6.07) is 5.86. The van der Waals surface area contributed by atoms with Crippen LogP contribution in [0.1, 0.15) is 9.67 Å². The van der Waals surface area contributed by atoms with Gasteiger partial charge in [0.05, 0.1) is 0 Å². The number of hydrogen-bond acceptors (Lipinski definition) is 3. The van der Waals surface area contributed by atoms with Gasteiger partial charge in [-0.05, 0) is 0 Å². The van der Waals surface area contributed by atoms with Crippen LogP contribution in [0.25, 0.3) is 0 Å². The zero-order valence-corrected chi connectivity index (χ0v) is 9.16. The monoisotopic (exact) mass is 251 g/mol. The Morgan fingerprint density at radius 2 is 2.23 bits per heavy atom. The van der Waals surface area contributed by atoms with E-state index in [1.807, 2.05) is 0 Å². The van der Waals surface area contributed by atoms with Crippen molar-refractivity contribution in [3.05, 3.63) is 24.3 Å². The Bertz CT molecular complexity index is 449. The fourth-order valence-corrected chi connectivity index (χ4v) is 2.49. The number of rotatable bonds is 3. The number of methoxy groups -OCH3 is 1. The van der Waals surface area contributed by atoms with E-state index in [0.717, 1.165) is 6.92 Å². The molecule has 1 rings (SSSR count). The van der Waals surface area contributed by atoms with E-state index in [2.05, 4.69) is 0 Å². The van der Waals surface area contributed by atoms with Gasteiger partial charge in [0.1, 0.15) is 0 Å². The second-order valence-corrected chi connectivity index (χ2v) is 6.34. The third kappa shape index (κ3) is 2.29. The van der Waals surface area contributed by atoms with E-state index >= 15 is 0 Å². The Balaban J connectivity index is 3.29. The Labute approximate surface area is 82.2 Å². The molecule has 0 unspecified atom stereocenters. The molecule has 1 aromatic rings. The van der Waals surface area contributed by atoms with E-state index < -0.39 is 18.0 Å². The van der Waals surface area contributed by atoms with Crippen molar-refractivity contribution in [2.24, 2.45) is 0 Å². The number of hydrogen-bond donors (Lipinski definition) is 0. The molecule has 0 N–H and O–H groups in total. The first kappa shape index (κ1) is 7.53. The van der Waals surface area contributed by atoms with Crippen LogP contribution >= 0.6 is 0 Å². The number of ether oxygens (including phenoxy) is 1. The van der Waals surface area contributed by atoms with Crippen molar-refractivity contribution in [1.29, 1.82) is 0 Å². The van der Waals surface area contributed by atoms with E-state index in [9.17, 15) is 7.67 Å². The fourth-order valence-electron chi connectivity index (χ4n) is 0.886. The standard InChI is InChI=1S/C9H12O3Se/c1-3-13(10,11)9-6-4-5-8(7-9)12-2/h4-7H,3H2,1-2H3/i3+1D2. The van der Waals surface area contributed by atoms with Crippen LogP contribution in [0.2, 0.25) is 5.27 Å². The first-order valence-electron chi connectivity index (χ1n) is 4.68. The summed E-state index contributed by atoms with van der Waals surface area (Å²) in [6.45, 7) is 1.05. The quantitative estimate of drug-likeness (QED) is 0.598. The molecule has 3 nitrogen and oxygen atoms in total. The topological polar surface area (TPSA) is 43.4 Å². The summed E-state index contributed by atoms with van der Waals surface area (Å²) in [5, 5.41) is -2.22. The van der Waals surface area contributed by atoms with Crippen molar-refractivity contribution in [3.63, 3.8) is 0 Å². The predicted molar refractivity (Wildman–Crippen MR) is 50.2 cm³/mol. The third-order valence-corrected chi connectivity index (χ3v) is 4.58. The molecule has 0 saturated carbocycles. The van der Waals surface area contributed by atoms with Gasteiger partial charge in [-0.2, -0.15) is 0 Å². The SMILES string of the molecule is [2H][13C]([2H])(C)[Se](=O)(=O)c1cccc(OC)c1. The van der Waals surface area contributed by atoms with Gasteiger partial charge in [-0.25, -0.2) is 0 Å². The molecule has 4 heteroatoms. The van der Waals surface area contributed by atoms with Gasteiger partial charge in [-0.3, -0.25) is 0 Å². The molecule has 0 atom stereocenters. The molecule has 0 aliphatic heterocycles. The van der Waals surface area contributed by atoms with Gasteiger partial charge < -0.3 is 0 Å². The molecule has 0 aliphatic rings. The third-order valence-electron chi connectivity index (χ3n) is 1.62. The molecule has 0 amide bonds. The van der Waals surface area contributed by atoms with Crippen molar-refractivity contribution in [3.8, 4) is 5.75 Å². The van der Waals surface area contributed by atoms with Gasteiger partial charge in [0, 0.05) is 0 Å². The first-order valence-corrected chi connectivity index (χ1v) is 6.79. The average molecular weight is 250 g/mol. The van der Waals surface area contributed by atoms with Crippen LogP contribution in [0.5, 0.6) is 5.75 Å². The minimum atomic E-state index is -4.77. The second kappa shape index (κ2) is 3.90. The maximum atomic E-state index is 11.8. The normalized spacial score (nSPS) is 14.6. The summed E-state index contributed by atoms with van der Waals surface area (Å²) in [7, 11) is 1.43. The minimum absolute atomic E-state index is 0.00176. The van der Waals surface area contributed by atoms with Crippen molar-refractivity contribution in [2.45, 2.75) is 12.2 Å². The Morgan fingerprint density at radius 1 is 1.54 bits per heavy atom. The molecular formula is C9H12O3Se. The van der Waals surface area contributed by atoms with Gasteiger partial charge in [-0.15, -0.1) is 0 Å². The Hall–Kier alpha value is -0.861. The number of benzene rings is 1. The van der Waals surface area contributed by atoms with Crippen LogP contribution in [-0.2, 0) is 7.67 Å². The van der Waals surface area contributed by atoms with Gasteiger partial charge in [0.25, 0.3) is 0 Å². The van der Waals surface area contributed by atoms with Crippen molar-refractivity contribution >= 4 is 17.2 Å². The van der Waals surface area contributed by atoms with Crippen LogP contribution in [0, 0.1) is 0 Å². The summed E-state index contributed by atoms with van der Waals surface area (Å²) in [4.78, 5) is 0. The zero-order valence-electron chi connectivity index (χ0n) is 9.44. The van der Waals surface area contributed by atoms with E-state index in [0.29, 0.717) is 5.75 Å². The molecule has 72 valence electrons. The molecule has 0 saturated heterocycles. The molecule has 0 aromatic heterocycles. The van der Waals surface area contributed by atoms with E-state index in [4.69, 9.17) is 7.48 Å². The predicted octanol–water partition coefficient (Wildman–Crippen LogP) is 1.23. The molecule has 13 heavy (non-hydrogen) atoms. The summed E-state index contributed by atoms with van der Waals surface area (Å²) in [5.74, 6) is 0.407. The molecule has 0 radical (unpaired) electrons. The molecule has 0 aliphatic carbocycles. The Morgan fingerprint density at radius 3 is 2.77 bits per heavy atom. The van der Waals surface area contributed by atoms with E-state index in [-0.39, 0.29) is 4.46 Å². The van der Waals surface area contributed by atoms with E-state index in [1.165, 1.54) is 25.3 Å². The molecule has 1 aromatic carbocycles. The van der Waals surface area contributed by atoms with Gasteiger partial charge in [0.2, 0.25) is 0 Å². The maximum absolute atomic E-state index is 11.8. The van der Waals surface area contributed by atoms with Crippen LogP contribution < -0.4 is 9.20 Å². The zero-order chi connectivity index (χ0) is 11.7. The summed E-state index contributed by atoms with van der Waals surface area (Å²) >= 11 is -4.77. The molecule has 0 heterocycles. The van der Waals surface area contributed by atoms with Crippen LogP contribution in [-0.4, -0.2) is 19.8 Å². The van der Waals surface area contributed by atoms with E-state index in [1.54, 1.807) is 6.07 Å². The fraction of sp³-hybridized carbons (Fsp3) is 0.333. The van der Waals surface area contributed by atoms with Crippen LogP contribution in [0.4, 0.5) is 0 Å². The van der Waals surface area contributed by atoms with Gasteiger partial charge in [-0.1, -0.05) is 0 Å². The molecule has 0 bridgehead atoms. The van der Waals surface area contributed by atoms with Gasteiger partial charge in [0.15, 0.2) is 0 Å². The van der Waals surface area contributed by atoms with Gasteiger partial charge >= 0.3 is 81.6 Å². The second-order valence-electron chi connectivity index (χ2n) is 2.39.